The van der Waals surface area contributed by atoms with Crippen LogP contribution in [0.5, 0.6) is 0 Å². The first kappa shape index (κ1) is 17.7. The van der Waals surface area contributed by atoms with E-state index in [0.29, 0.717) is 12.1 Å². The van der Waals surface area contributed by atoms with Crippen LogP contribution < -0.4 is 5.73 Å². The first-order valence-electron chi connectivity index (χ1n) is 7.59. The molecule has 0 radical (unpaired) electrons. The zero-order valence-corrected chi connectivity index (χ0v) is 14.1. The summed E-state index contributed by atoms with van der Waals surface area (Å²) in [6.45, 7) is 4.65. The van der Waals surface area contributed by atoms with Gasteiger partial charge in [0.1, 0.15) is 12.0 Å². The second-order valence-corrected chi connectivity index (χ2v) is 6.32. The lowest BCUT2D eigenvalue weighted by atomic mass is 10.1. The Labute approximate surface area is 141 Å². The van der Waals surface area contributed by atoms with Crippen molar-refractivity contribution in [2.75, 3.05) is 5.73 Å². The molecular weight excluding hydrogens is 315 g/mol. The number of anilines is 1. The summed E-state index contributed by atoms with van der Waals surface area (Å²) in [5.74, 6) is -0.557. The van der Waals surface area contributed by atoms with Crippen molar-refractivity contribution in [3.8, 4) is 0 Å². The topological polar surface area (TPSA) is 49.5 Å². The van der Waals surface area contributed by atoms with Crippen molar-refractivity contribution in [2.45, 2.75) is 39.1 Å². The van der Waals surface area contributed by atoms with Crippen LogP contribution in [0.2, 0.25) is 5.02 Å². The smallest absolute Gasteiger partial charge is 0.147 e. The Bertz CT molecular complexity index is 626. The molecule has 3 nitrogen and oxygen atoms in total. The van der Waals surface area contributed by atoms with Gasteiger partial charge in [0, 0.05) is 19.0 Å². The fourth-order valence-corrected chi connectivity index (χ4v) is 2.74. The fourth-order valence-electron chi connectivity index (χ4n) is 2.51. The van der Waals surface area contributed by atoms with Gasteiger partial charge in [-0.25, -0.2) is 4.39 Å². The van der Waals surface area contributed by atoms with Crippen molar-refractivity contribution in [1.82, 2.24) is 4.90 Å². The molecule has 0 aromatic heterocycles. The largest absolute Gasteiger partial charge is 0.395 e. The van der Waals surface area contributed by atoms with E-state index < -0.39 is 12.0 Å². The average molecular weight is 337 g/mol. The molecule has 1 atom stereocenters. The molecule has 124 valence electrons. The Morgan fingerprint density at radius 1 is 1.17 bits per heavy atom. The van der Waals surface area contributed by atoms with Gasteiger partial charge in [-0.15, -0.1) is 0 Å². The molecule has 2 rings (SSSR count). The third kappa shape index (κ3) is 4.67. The molecule has 0 saturated heterocycles. The molecule has 0 bridgehead atoms. The second-order valence-electron chi connectivity index (χ2n) is 5.91. The molecular formula is C18H22ClFN2O. The molecule has 0 aliphatic heterocycles. The van der Waals surface area contributed by atoms with Crippen molar-refractivity contribution < 1.29 is 9.50 Å². The molecule has 5 heteroatoms. The highest BCUT2D eigenvalue weighted by atomic mass is 35.5. The first-order chi connectivity index (χ1) is 10.9. The van der Waals surface area contributed by atoms with E-state index in [1.54, 1.807) is 6.07 Å². The third-order valence-electron chi connectivity index (χ3n) is 3.81. The van der Waals surface area contributed by atoms with Crippen LogP contribution in [0.4, 0.5) is 10.1 Å². The minimum Gasteiger partial charge on any atom is -0.395 e. The molecule has 0 aliphatic rings. The number of halogens is 2. The number of nitrogens with zero attached hydrogens (tertiary/aromatic N) is 1. The maximum absolute atomic E-state index is 13.7. The van der Waals surface area contributed by atoms with Crippen molar-refractivity contribution in [1.29, 1.82) is 0 Å². The number of aliphatic hydroxyl groups is 1. The molecule has 23 heavy (non-hydrogen) atoms. The zero-order chi connectivity index (χ0) is 17.0. The summed E-state index contributed by atoms with van der Waals surface area (Å²) in [5, 5.41) is 10.7. The fraction of sp³-hybridized carbons (Fsp3) is 0.333. The Morgan fingerprint density at radius 2 is 1.83 bits per heavy atom. The first-order valence-corrected chi connectivity index (χ1v) is 7.97. The lowest BCUT2D eigenvalue weighted by Crippen LogP contribution is -2.41. The molecule has 0 amide bonds. The molecule has 0 saturated carbocycles. The average Bonchev–Trinajstić information content (AvgIpc) is 2.50. The van der Waals surface area contributed by atoms with E-state index in [0.717, 1.165) is 5.56 Å². The van der Waals surface area contributed by atoms with Gasteiger partial charge < -0.3 is 10.8 Å². The van der Waals surface area contributed by atoms with Crippen LogP contribution in [0.15, 0.2) is 42.5 Å². The van der Waals surface area contributed by atoms with Crippen molar-refractivity contribution >= 4 is 17.3 Å². The minimum atomic E-state index is -0.741. The normalized spacial score (nSPS) is 12.8. The van der Waals surface area contributed by atoms with Gasteiger partial charge in [-0.05, 0) is 37.1 Å². The van der Waals surface area contributed by atoms with Crippen LogP contribution in [0.25, 0.3) is 0 Å². The molecule has 0 aliphatic carbocycles. The molecule has 2 aromatic rings. The maximum atomic E-state index is 13.7. The van der Waals surface area contributed by atoms with Crippen LogP contribution in [0, 0.1) is 5.82 Å². The van der Waals surface area contributed by atoms with Crippen molar-refractivity contribution in [3.05, 3.63) is 64.4 Å². The molecule has 0 heterocycles. The van der Waals surface area contributed by atoms with Crippen LogP contribution in [-0.2, 0) is 13.0 Å². The number of rotatable bonds is 6. The lowest BCUT2D eigenvalue weighted by Gasteiger charge is -2.31. The summed E-state index contributed by atoms with van der Waals surface area (Å²) in [7, 11) is 0. The summed E-state index contributed by atoms with van der Waals surface area (Å²) in [4.78, 5) is 1.96. The van der Waals surface area contributed by atoms with E-state index in [2.05, 4.69) is 0 Å². The quantitative estimate of drug-likeness (QED) is 0.622. The molecule has 3 N–H and O–H groups in total. The number of nitrogens with two attached hydrogens (primary N) is 1. The second kappa shape index (κ2) is 7.77. The predicted molar refractivity (Wildman–Crippen MR) is 92.7 cm³/mol. The van der Waals surface area contributed by atoms with Gasteiger partial charge in [-0.1, -0.05) is 41.9 Å². The Morgan fingerprint density at radius 3 is 2.39 bits per heavy atom. The lowest BCUT2D eigenvalue weighted by molar-refractivity contribution is -0.0219. The van der Waals surface area contributed by atoms with Crippen LogP contribution in [-0.4, -0.2) is 22.3 Å². The number of hydrogen-bond acceptors (Lipinski definition) is 3. The maximum Gasteiger partial charge on any atom is 0.147 e. The SMILES string of the molecule is CC(C)N(Cc1ccccc1)C(O)Cc1cc(F)c(N)c(Cl)c1. The van der Waals surface area contributed by atoms with Gasteiger partial charge in [0.25, 0.3) is 0 Å². The third-order valence-corrected chi connectivity index (χ3v) is 4.12. The summed E-state index contributed by atoms with van der Waals surface area (Å²) < 4.78 is 13.7. The number of benzene rings is 2. The van der Waals surface area contributed by atoms with E-state index in [-0.39, 0.29) is 23.2 Å². The number of aliphatic hydroxyl groups excluding tert-OH is 1. The van der Waals surface area contributed by atoms with Gasteiger partial charge >= 0.3 is 0 Å². The van der Waals surface area contributed by atoms with Gasteiger partial charge in [0.05, 0.1) is 10.7 Å². The summed E-state index contributed by atoms with van der Waals surface area (Å²) >= 11 is 5.91. The van der Waals surface area contributed by atoms with Crippen LogP contribution in [0.1, 0.15) is 25.0 Å². The Balaban J connectivity index is 2.14. The Hall–Kier alpha value is -1.62. The summed E-state index contributed by atoms with van der Waals surface area (Å²) in [5.41, 5.74) is 7.18. The summed E-state index contributed by atoms with van der Waals surface area (Å²) in [6.07, 6.45) is -0.462. The van der Waals surface area contributed by atoms with Crippen LogP contribution >= 0.6 is 11.6 Å². The number of nitrogen functional groups attached to an aromatic ring is 1. The Kier molecular flexibility index (Phi) is 5.99. The van der Waals surface area contributed by atoms with E-state index >= 15 is 0 Å². The molecule has 1 unspecified atom stereocenters. The van der Waals surface area contributed by atoms with Gasteiger partial charge in [0.2, 0.25) is 0 Å². The van der Waals surface area contributed by atoms with Gasteiger partial charge in [-0.2, -0.15) is 0 Å². The predicted octanol–water partition coefficient (Wildman–Crippen LogP) is 3.83. The highest BCUT2D eigenvalue weighted by Gasteiger charge is 2.20. The summed E-state index contributed by atoms with van der Waals surface area (Å²) in [6, 6.07) is 13.0. The monoisotopic (exact) mass is 336 g/mol. The number of hydrogen-bond donors (Lipinski definition) is 2. The van der Waals surface area contributed by atoms with Gasteiger partial charge in [-0.3, -0.25) is 4.90 Å². The highest BCUT2D eigenvalue weighted by molar-refractivity contribution is 6.33. The van der Waals surface area contributed by atoms with E-state index in [1.165, 1.54) is 6.07 Å². The van der Waals surface area contributed by atoms with Gasteiger partial charge in [0.15, 0.2) is 0 Å². The van der Waals surface area contributed by atoms with E-state index in [4.69, 9.17) is 17.3 Å². The van der Waals surface area contributed by atoms with Crippen molar-refractivity contribution in [3.63, 3.8) is 0 Å². The van der Waals surface area contributed by atoms with E-state index in [9.17, 15) is 9.50 Å². The van der Waals surface area contributed by atoms with Crippen molar-refractivity contribution in [2.24, 2.45) is 0 Å². The van der Waals surface area contributed by atoms with E-state index in [1.807, 2.05) is 49.1 Å². The standard InChI is InChI=1S/C18H22ClFN2O/c1-12(2)22(11-13-6-4-3-5-7-13)17(23)10-14-8-15(19)18(21)16(20)9-14/h3-9,12,17,23H,10-11,21H2,1-2H3. The zero-order valence-electron chi connectivity index (χ0n) is 13.3. The molecule has 0 fully saturated rings. The molecule has 2 aromatic carbocycles. The minimum absolute atomic E-state index is 0.0603. The molecule has 0 spiro atoms. The van der Waals surface area contributed by atoms with Crippen LogP contribution in [0.3, 0.4) is 0 Å². The highest BCUT2D eigenvalue weighted by Crippen LogP contribution is 2.25.